The molecular weight excluding hydrogens is 380 g/mol. The van der Waals surface area contributed by atoms with Crippen molar-refractivity contribution in [2.75, 3.05) is 0 Å². The van der Waals surface area contributed by atoms with Gasteiger partial charge in [0.1, 0.15) is 0 Å². The fourth-order valence-electron chi connectivity index (χ4n) is 3.32. The molecule has 0 saturated heterocycles. The number of esters is 1. The maximum absolute atomic E-state index is 13.1. The first-order valence-electron chi connectivity index (χ1n) is 10.2. The molecule has 158 valence electrons. The third-order valence-corrected chi connectivity index (χ3v) is 4.74. The molecule has 0 fully saturated rings. The monoisotopic (exact) mass is 408 g/mol. The Morgan fingerprint density at radius 3 is 2.47 bits per heavy atom. The van der Waals surface area contributed by atoms with Crippen LogP contribution in [0.4, 0.5) is 0 Å². The van der Waals surface area contributed by atoms with Gasteiger partial charge in [-0.25, -0.2) is 9.67 Å². The van der Waals surface area contributed by atoms with Crippen LogP contribution in [-0.2, 0) is 9.53 Å². The number of aromatic nitrogens is 3. The quantitative estimate of drug-likeness (QED) is 0.594. The van der Waals surface area contributed by atoms with Crippen molar-refractivity contribution in [3.05, 3.63) is 59.4 Å². The maximum atomic E-state index is 13.1. The summed E-state index contributed by atoms with van der Waals surface area (Å²) < 4.78 is 7.11. The molecule has 0 bridgehead atoms. The molecule has 7 nitrogen and oxygen atoms in total. The second-order valence-corrected chi connectivity index (χ2v) is 7.90. The highest BCUT2D eigenvalue weighted by molar-refractivity contribution is 5.98. The highest BCUT2D eigenvalue weighted by Gasteiger charge is 2.22. The number of aryl methyl sites for hydroxylation is 1. The van der Waals surface area contributed by atoms with Crippen LogP contribution in [0.15, 0.2) is 42.6 Å². The minimum absolute atomic E-state index is 0.0495. The molecule has 1 amide bonds. The van der Waals surface area contributed by atoms with E-state index in [-0.39, 0.29) is 30.4 Å². The number of fused-ring (bicyclic) bond motifs is 1. The van der Waals surface area contributed by atoms with Gasteiger partial charge in [0.2, 0.25) is 0 Å². The van der Waals surface area contributed by atoms with Crippen molar-refractivity contribution >= 4 is 22.9 Å². The molecule has 0 aliphatic carbocycles. The smallest absolute Gasteiger partial charge is 0.308 e. The second-order valence-electron chi connectivity index (χ2n) is 7.90. The number of amides is 1. The maximum Gasteiger partial charge on any atom is 0.308 e. The average molecular weight is 409 g/mol. The first-order valence-corrected chi connectivity index (χ1v) is 10.2. The Morgan fingerprint density at radius 2 is 1.83 bits per heavy atom. The van der Waals surface area contributed by atoms with E-state index in [9.17, 15) is 9.59 Å². The zero-order valence-corrected chi connectivity index (χ0v) is 18.0. The van der Waals surface area contributed by atoms with E-state index in [0.717, 1.165) is 16.6 Å². The Kier molecular flexibility index (Phi) is 6.50. The number of rotatable bonds is 7. The van der Waals surface area contributed by atoms with Crippen LogP contribution in [0.25, 0.3) is 11.0 Å². The molecule has 30 heavy (non-hydrogen) atoms. The summed E-state index contributed by atoms with van der Waals surface area (Å²) in [5.74, 6) is -0.645. The molecule has 1 unspecified atom stereocenters. The van der Waals surface area contributed by atoms with E-state index in [1.165, 1.54) is 0 Å². The van der Waals surface area contributed by atoms with Crippen molar-refractivity contribution in [1.29, 1.82) is 0 Å². The number of hydrogen-bond acceptors (Lipinski definition) is 5. The van der Waals surface area contributed by atoms with E-state index in [1.54, 1.807) is 33.0 Å². The van der Waals surface area contributed by atoms with Gasteiger partial charge < -0.3 is 10.1 Å². The first-order chi connectivity index (χ1) is 14.3. The number of ether oxygens (including phenoxy) is 1. The van der Waals surface area contributed by atoms with Gasteiger partial charge in [-0.1, -0.05) is 30.3 Å². The van der Waals surface area contributed by atoms with E-state index in [2.05, 4.69) is 15.4 Å². The fourth-order valence-corrected chi connectivity index (χ4v) is 3.32. The molecule has 7 heteroatoms. The second kappa shape index (κ2) is 9.07. The number of carbonyl (C=O) groups excluding carboxylic acids is 2. The molecule has 0 radical (unpaired) electrons. The fraction of sp³-hybridized carbons (Fsp3) is 0.391. The highest BCUT2D eigenvalue weighted by Crippen LogP contribution is 2.22. The number of pyridine rings is 1. The largest absolute Gasteiger partial charge is 0.463 e. The summed E-state index contributed by atoms with van der Waals surface area (Å²) >= 11 is 0. The normalized spacial score (nSPS) is 12.4. The van der Waals surface area contributed by atoms with Crippen LogP contribution < -0.4 is 5.32 Å². The molecule has 0 aliphatic heterocycles. The molecule has 1 aromatic carbocycles. The molecule has 1 atom stereocenters. The summed E-state index contributed by atoms with van der Waals surface area (Å²) in [5.41, 5.74) is 2.66. The van der Waals surface area contributed by atoms with Crippen molar-refractivity contribution < 1.29 is 14.3 Å². The number of hydrogen-bond donors (Lipinski definition) is 1. The molecule has 2 heterocycles. The Bertz CT molecular complexity index is 1040. The van der Waals surface area contributed by atoms with Gasteiger partial charge >= 0.3 is 5.97 Å². The van der Waals surface area contributed by atoms with Gasteiger partial charge in [0, 0.05) is 11.4 Å². The Morgan fingerprint density at radius 1 is 1.13 bits per heavy atom. The SMILES string of the molecule is Cc1nc2c(cnn2C(C)C)cc1C(=O)NC(CC(=O)OC(C)C)c1ccccc1. The summed E-state index contributed by atoms with van der Waals surface area (Å²) in [4.78, 5) is 30.0. The van der Waals surface area contributed by atoms with Crippen molar-refractivity contribution in [3.8, 4) is 0 Å². The molecule has 0 spiro atoms. The van der Waals surface area contributed by atoms with Gasteiger partial charge in [-0.15, -0.1) is 0 Å². The topological polar surface area (TPSA) is 86.1 Å². The Labute approximate surface area is 176 Å². The minimum Gasteiger partial charge on any atom is -0.463 e. The van der Waals surface area contributed by atoms with Gasteiger partial charge in [-0.3, -0.25) is 9.59 Å². The predicted octanol–water partition coefficient (Wildman–Crippen LogP) is 4.13. The van der Waals surface area contributed by atoms with E-state index in [0.29, 0.717) is 11.3 Å². The summed E-state index contributed by atoms with van der Waals surface area (Å²) in [5, 5.41) is 8.16. The van der Waals surface area contributed by atoms with E-state index < -0.39 is 6.04 Å². The third kappa shape index (κ3) is 4.84. The number of benzene rings is 1. The minimum atomic E-state index is -0.501. The molecule has 2 aromatic heterocycles. The van der Waals surface area contributed by atoms with Crippen LogP contribution in [0, 0.1) is 6.92 Å². The molecule has 3 rings (SSSR count). The zero-order valence-electron chi connectivity index (χ0n) is 18.0. The van der Waals surface area contributed by atoms with Crippen LogP contribution in [0.3, 0.4) is 0 Å². The van der Waals surface area contributed by atoms with Gasteiger partial charge in [0.15, 0.2) is 5.65 Å². The number of carbonyl (C=O) groups is 2. The Balaban J connectivity index is 1.88. The lowest BCUT2D eigenvalue weighted by atomic mass is 10.0. The predicted molar refractivity (Wildman–Crippen MR) is 115 cm³/mol. The van der Waals surface area contributed by atoms with Gasteiger partial charge in [-0.05, 0) is 46.2 Å². The molecular formula is C23H28N4O3. The van der Waals surface area contributed by atoms with Crippen molar-refractivity contribution in [3.63, 3.8) is 0 Å². The van der Waals surface area contributed by atoms with Crippen LogP contribution in [0.2, 0.25) is 0 Å². The van der Waals surface area contributed by atoms with Crippen LogP contribution in [0.5, 0.6) is 0 Å². The summed E-state index contributed by atoms with van der Waals surface area (Å²) in [6.45, 7) is 9.47. The lowest BCUT2D eigenvalue weighted by molar-refractivity contribution is -0.147. The molecule has 3 aromatic rings. The molecule has 0 aliphatic rings. The van der Waals surface area contributed by atoms with Gasteiger partial charge in [0.05, 0.1) is 36.0 Å². The van der Waals surface area contributed by atoms with E-state index >= 15 is 0 Å². The van der Waals surface area contributed by atoms with Gasteiger partial charge in [-0.2, -0.15) is 5.10 Å². The standard InChI is InChI=1S/C23H28N4O3/c1-14(2)27-22-18(13-24-27)11-19(16(5)25-22)23(29)26-20(12-21(28)30-15(3)4)17-9-7-6-8-10-17/h6-11,13-15,20H,12H2,1-5H3,(H,26,29). The van der Waals surface area contributed by atoms with Gasteiger partial charge in [0.25, 0.3) is 5.91 Å². The van der Waals surface area contributed by atoms with Crippen molar-refractivity contribution in [2.24, 2.45) is 0 Å². The van der Waals surface area contributed by atoms with Crippen molar-refractivity contribution in [1.82, 2.24) is 20.1 Å². The first kappa shape index (κ1) is 21.5. The van der Waals surface area contributed by atoms with E-state index in [4.69, 9.17) is 4.74 Å². The molecule has 1 N–H and O–H groups in total. The number of nitrogens with one attached hydrogen (secondary N) is 1. The van der Waals surface area contributed by atoms with Crippen LogP contribution in [-0.4, -0.2) is 32.7 Å². The third-order valence-electron chi connectivity index (χ3n) is 4.74. The van der Waals surface area contributed by atoms with Crippen LogP contribution >= 0.6 is 0 Å². The average Bonchev–Trinajstić information content (AvgIpc) is 3.09. The summed E-state index contributed by atoms with van der Waals surface area (Å²) in [6, 6.07) is 10.9. The molecule has 0 saturated carbocycles. The summed E-state index contributed by atoms with van der Waals surface area (Å²) in [7, 11) is 0. The zero-order chi connectivity index (χ0) is 21.8. The summed E-state index contributed by atoms with van der Waals surface area (Å²) in [6.07, 6.45) is 1.55. The Hall–Kier alpha value is -3.22. The number of nitrogens with zero attached hydrogens (tertiary/aromatic N) is 3. The van der Waals surface area contributed by atoms with E-state index in [1.807, 2.05) is 48.9 Å². The van der Waals surface area contributed by atoms with Crippen molar-refractivity contribution in [2.45, 2.75) is 59.2 Å². The van der Waals surface area contributed by atoms with Crippen LogP contribution in [0.1, 0.15) is 67.8 Å². The lowest BCUT2D eigenvalue weighted by Gasteiger charge is -2.20. The highest BCUT2D eigenvalue weighted by atomic mass is 16.5. The lowest BCUT2D eigenvalue weighted by Crippen LogP contribution is -2.31.